The van der Waals surface area contributed by atoms with Gasteiger partial charge in [0, 0.05) is 12.0 Å². The van der Waals surface area contributed by atoms with Gasteiger partial charge in [0.25, 0.3) is 0 Å². The molecule has 0 aromatic heterocycles. The number of benzene rings is 1. The van der Waals surface area contributed by atoms with Crippen LogP contribution in [0.25, 0.3) is 5.57 Å². The van der Waals surface area contributed by atoms with E-state index in [1.807, 2.05) is 30.3 Å². The third kappa shape index (κ3) is 2.03. The Morgan fingerprint density at radius 1 is 1.00 bits per heavy atom. The van der Waals surface area contributed by atoms with Crippen LogP contribution in [0.1, 0.15) is 60.9 Å². The Bertz CT molecular complexity index is 667. The van der Waals surface area contributed by atoms with E-state index in [1.54, 1.807) is 0 Å². The zero-order valence-electron chi connectivity index (χ0n) is 12.6. The fourth-order valence-corrected chi connectivity index (χ4v) is 4.16. The molecule has 2 aliphatic carbocycles. The van der Waals surface area contributed by atoms with E-state index in [0.717, 1.165) is 11.1 Å². The van der Waals surface area contributed by atoms with Crippen LogP contribution in [0.3, 0.4) is 0 Å². The molecule has 1 heterocycles. The molecule has 1 unspecified atom stereocenters. The lowest BCUT2D eigenvalue weighted by Gasteiger charge is -2.34. The van der Waals surface area contributed by atoms with Gasteiger partial charge in [0.15, 0.2) is 5.60 Å². The summed E-state index contributed by atoms with van der Waals surface area (Å²) < 4.78 is 5.52. The van der Waals surface area contributed by atoms with E-state index in [2.05, 4.69) is 0 Å². The van der Waals surface area contributed by atoms with Gasteiger partial charge in [-0.15, -0.1) is 0 Å². The van der Waals surface area contributed by atoms with E-state index in [0.29, 0.717) is 18.8 Å². The van der Waals surface area contributed by atoms with Crippen LogP contribution in [0.15, 0.2) is 30.3 Å². The molecule has 1 aromatic carbocycles. The van der Waals surface area contributed by atoms with Gasteiger partial charge in [-0.1, -0.05) is 43.5 Å². The Hall–Kier alpha value is -1.90. The van der Waals surface area contributed by atoms with Gasteiger partial charge < -0.3 is 4.74 Å². The van der Waals surface area contributed by atoms with Crippen molar-refractivity contribution >= 4 is 17.3 Å². The topological polar surface area (TPSA) is 43.4 Å². The van der Waals surface area contributed by atoms with Crippen molar-refractivity contribution < 1.29 is 14.3 Å². The van der Waals surface area contributed by atoms with Crippen LogP contribution < -0.4 is 0 Å². The van der Waals surface area contributed by atoms with Gasteiger partial charge in [-0.3, -0.25) is 9.59 Å². The second kappa shape index (κ2) is 5.08. The normalized spacial score (nSPS) is 28.5. The first-order valence-corrected chi connectivity index (χ1v) is 8.28. The molecule has 4 rings (SSSR count). The largest absolute Gasteiger partial charge is 0.446 e. The lowest BCUT2D eigenvalue weighted by molar-refractivity contribution is -0.143. The Labute approximate surface area is 130 Å². The number of hydrogen-bond donors (Lipinski definition) is 0. The van der Waals surface area contributed by atoms with Crippen LogP contribution in [0.5, 0.6) is 0 Å². The maximum Gasteiger partial charge on any atom is 0.307 e. The average Bonchev–Trinajstić information content (AvgIpc) is 2.94. The number of Topliss-reactive ketones (excluding diaryl/α,β-unsaturated/α-hetero) is 1. The molecular weight excluding hydrogens is 276 g/mol. The summed E-state index contributed by atoms with van der Waals surface area (Å²) in [7, 11) is 0. The predicted octanol–water partition coefficient (Wildman–Crippen LogP) is 3.92. The minimum absolute atomic E-state index is 0.0477. The van der Waals surface area contributed by atoms with Crippen molar-refractivity contribution in [3.05, 3.63) is 41.5 Å². The highest BCUT2D eigenvalue weighted by atomic mass is 16.6. The molecule has 3 aliphatic rings. The quantitative estimate of drug-likeness (QED) is 0.738. The van der Waals surface area contributed by atoms with Gasteiger partial charge in [-0.2, -0.15) is 0 Å². The Morgan fingerprint density at radius 3 is 2.41 bits per heavy atom. The molecule has 1 spiro atoms. The minimum atomic E-state index is -1.03. The minimum Gasteiger partial charge on any atom is -0.446 e. The van der Waals surface area contributed by atoms with Crippen molar-refractivity contribution in [3.8, 4) is 0 Å². The molecule has 1 aliphatic heterocycles. The maximum atomic E-state index is 12.9. The van der Waals surface area contributed by atoms with Crippen LogP contribution >= 0.6 is 0 Å². The highest BCUT2D eigenvalue weighted by Gasteiger charge is 2.49. The summed E-state index contributed by atoms with van der Waals surface area (Å²) in [6.07, 6.45) is 8.91. The SMILES string of the molecule is O=C1CCC2(C=C(C3CCCCC3)c3ccccc3C2=O)O1. The maximum absolute atomic E-state index is 12.9. The number of carbonyl (C=O) groups is 2. The molecule has 0 amide bonds. The molecule has 3 nitrogen and oxygen atoms in total. The lowest BCUT2D eigenvalue weighted by Crippen LogP contribution is -2.40. The van der Waals surface area contributed by atoms with Crippen LogP contribution in [-0.4, -0.2) is 17.4 Å². The summed E-state index contributed by atoms with van der Waals surface area (Å²) in [5.74, 6) is 0.180. The van der Waals surface area contributed by atoms with E-state index >= 15 is 0 Å². The number of hydrogen-bond acceptors (Lipinski definition) is 3. The lowest BCUT2D eigenvalue weighted by atomic mass is 9.72. The van der Waals surface area contributed by atoms with Crippen LogP contribution in [0.4, 0.5) is 0 Å². The Morgan fingerprint density at radius 2 is 1.73 bits per heavy atom. The Balaban J connectivity index is 1.84. The number of allylic oxidation sites excluding steroid dienone is 1. The molecule has 114 valence electrons. The van der Waals surface area contributed by atoms with Gasteiger partial charge in [-0.25, -0.2) is 0 Å². The summed E-state index contributed by atoms with van der Waals surface area (Å²) in [6.45, 7) is 0. The van der Waals surface area contributed by atoms with E-state index in [1.165, 1.54) is 37.7 Å². The summed E-state index contributed by atoms with van der Waals surface area (Å²) in [6, 6.07) is 7.80. The number of ketones is 1. The molecule has 0 radical (unpaired) electrons. The molecule has 1 aromatic rings. The molecular formula is C19H20O3. The number of fused-ring (bicyclic) bond motifs is 1. The standard InChI is InChI=1S/C19H20O3/c20-17-10-11-19(22-17)12-16(13-6-2-1-3-7-13)14-8-4-5-9-15(14)18(19)21/h4-5,8-9,12-13H,1-3,6-7,10-11H2. The van der Waals surface area contributed by atoms with Crippen LogP contribution in [-0.2, 0) is 9.53 Å². The summed E-state index contributed by atoms with van der Waals surface area (Å²) in [4.78, 5) is 24.5. The molecule has 3 heteroatoms. The fraction of sp³-hybridized carbons (Fsp3) is 0.474. The van der Waals surface area contributed by atoms with Gasteiger partial charge in [0.05, 0.1) is 6.42 Å². The third-order valence-corrected chi connectivity index (χ3v) is 5.30. The molecule has 1 saturated carbocycles. The number of ether oxygens (including phenoxy) is 1. The number of rotatable bonds is 1. The van der Waals surface area contributed by atoms with Crippen molar-refractivity contribution in [2.24, 2.45) is 5.92 Å². The second-order valence-corrected chi connectivity index (χ2v) is 6.67. The average molecular weight is 296 g/mol. The molecule has 1 saturated heterocycles. The highest BCUT2D eigenvalue weighted by Crippen LogP contribution is 2.45. The smallest absolute Gasteiger partial charge is 0.307 e. The zero-order valence-corrected chi connectivity index (χ0v) is 12.6. The van der Waals surface area contributed by atoms with Crippen molar-refractivity contribution in [3.63, 3.8) is 0 Å². The Kier molecular flexibility index (Phi) is 3.17. The van der Waals surface area contributed by atoms with E-state index in [-0.39, 0.29) is 11.8 Å². The van der Waals surface area contributed by atoms with Gasteiger partial charge in [0.1, 0.15) is 0 Å². The first-order valence-electron chi connectivity index (χ1n) is 8.28. The third-order valence-electron chi connectivity index (χ3n) is 5.30. The van der Waals surface area contributed by atoms with Crippen molar-refractivity contribution in [2.45, 2.75) is 50.5 Å². The van der Waals surface area contributed by atoms with E-state index in [4.69, 9.17) is 4.74 Å². The predicted molar refractivity (Wildman–Crippen MR) is 83.4 cm³/mol. The van der Waals surface area contributed by atoms with E-state index < -0.39 is 5.60 Å². The van der Waals surface area contributed by atoms with Gasteiger partial charge in [-0.05, 0) is 36.0 Å². The van der Waals surface area contributed by atoms with Gasteiger partial charge >= 0.3 is 5.97 Å². The van der Waals surface area contributed by atoms with Crippen LogP contribution in [0.2, 0.25) is 0 Å². The summed E-state index contributed by atoms with van der Waals surface area (Å²) in [5.41, 5.74) is 1.97. The first kappa shape index (κ1) is 13.7. The van der Waals surface area contributed by atoms with Crippen molar-refractivity contribution in [1.29, 1.82) is 0 Å². The first-order chi connectivity index (χ1) is 10.7. The summed E-state index contributed by atoms with van der Waals surface area (Å²) >= 11 is 0. The molecule has 1 atom stereocenters. The second-order valence-electron chi connectivity index (χ2n) is 6.67. The highest BCUT2D eigenvalue weighted by molar-refractivity contribution is 6.12. The molecule has 22 heavy (non-hydrogen) atoms. The number of carbonyl (C=O) groups excluding carboxylic acids is 2. The molecule has 0 bridgehead atoms. The van der Waals surface area contributed by atoms with Crippen molar-refractivity contribution in [2.75, 3.05) is 0 Å². The monoisotopic (exact) mass is 296 g/mol. The van der Waals surface area contributed by atoms with Crippen molar-refractivity contribution in [1.82, 2.24) is 0 Å². The van der Waals surface area contributed by atoms with Crippen LogP contribution in [0, 0.1) is 5.92 Å². The van der Waals surface area contributed by atoms with E-state index in [9.17, 15) is 9.59 Å². The fourth-order valence-electron chi connectivity index (χ4n) is 4.16. The molecule has 0 N–H and O–H groups in total. The van der Waals surface area contributed by atoms with Gasteiger partial charge in [0.2, 0.25) is 5.78 Å². The zero-order chi connectivity index (χ0) is 15.2. The number of esters is 1. The summed E-state index contributed by atoms with van der Waals surface area (Å²) in [5, 5.41) is 0. The molecule has 2 fully saturated rings.